The summed E-state index contributed by atoms with van der Waals surface area (Å²) < 4.78 is 9.79. The van der Waals surface area contributed by atoms with E-state index in [1.54, 1.807) is 19.2 Å². The van der Waals surface area contributed by atoms with E-state index in [1.807, 2.05) is 42.6 Å². The van der Waals surface area contributed by atoms with Gasteiger partial charge in [0.1, 0.15) is 5.75 Å². The SMILES string of the molecule is COc1ccc2c(-n3ccc4cc(C(=O)O)ccc43)c(-n3ccc4ccccc43)ccc2c1. The molecule has 0 bridgehead atoms. The summed E-state index contributed by atoms with van der Waals surface area (Å²) in [5, 5.41) is 13.6. The van der Waals surface area contributed by atoms with Crippen LogP contribution in [0.1, 0.15) is 10.4 Å². The highest BCUT2D eigenvalue weighted by Gasteiger charge is 2.16. The van der Waals surface area contributed by atoms with Crippen LogP contribution in [0.5, 0.6) is 5.75 Å². The molecule has 0 unspecified atom stereocenters. The Bertz CT molecular complexity index is 1690. The first-order valence-corrected chi connectivity index (χ1v) is 10.7. The molecule has 0 saturated carbocycles. The van der Waals surface area contributed by atoms with Crippen molar-refractivity contribution in [2.24, 2.45) is 0 Å². The minimum Gasteiger partial charge on any atom is -0.497 e. The maximum Gasteiger partial charge on any atom is 0.335 e. The molecule has 5 nitrogen and oxygen atoms in total. The Balaban J connectivity index is 1.70. The normalized spacial score (nSPS) is 11.4. The number of para-hydroxylation sites is 1. The predicted molar refractivity (Wildman–Crippen MR) is 131 cm³/mol. The number of aromatic nitrogens is 2. The van der Waals surface area contributed by atoms with Gasteiger partial charge in [0.25, 0.3) is 0 Å². The van der Waals surface area contributed by atoms with E-state index < -0.39 is 5.97 Å². The third kappa shape index (κ3) is 2.97. The van der Waals surface area contributed by atoms with Gasteiger partial charge in [0.05, 0.1) is 35.1 Å². The maximum atomic E-state index is 11.5. The van der Waals surface area contributed by atoms with Crippen molar-refractivity contribution in [3.05, 3.63) is 103 Å². The summed E-state index contributed by atoms with van der Waals surface area (Å²) >= 11 is 0. The number of hydrogen-bond acceptors (Lipinski definition) is 2. The Kier molecular flexibility index (Phi) is 4.23. The molecule has 2 heterocycles. The minimum absolute atomic E-state index is 0.277. The average Bonchev–Trinajstić information content (AvgIpc) is 3.46. The molecule has 0 saturated heterocycles. The van der Waals surface area contributed by atoms with E-state index in [9.17, 15) is 9.90 Å². The molecule has 0 aliphatic rings. The Morgan fingerprint density at radius 2 is 1.55 bits per heavy atom. The molecule has 0 amide bonds. The lowest BCUT2D eigenvalue weighted by atomic mass is 10.1. The Morgan fingerprint density at radius 3 is 2.39 bits per heavy atom. The summed E-state index contributed by atoms with van der Waals surface area (Å²) in [6.07, 6.45) is 4.09. The van der Waals surface area contributed by atoms with E-state index >= 15 is 0 Å². The Labute approximate surface area is 189 Å². The van der Waals surface area contributed by atoms with Crippen LogP contribution in [-0.4, -0.2) is 27.3 Å². The lowest BCUT2D eigenvalue weighted by Crippen LogP contribution is -2.03. The van der Waals surface area contributed by atoms with Crippen molar-refractivity contribution >= 4 is 38.5 Å². The van der Waals surface area contributed by atoms with Gasteiger partial charge in [0, 0.05) is 23.2 Å². The number of nitrogens with zero attached hydrogens (tertiary/aromatic N) is 2. The monoisotopic (exact) mass is 432 g/mol. The van der Waals surface area contributed by atoms with Gasteiger partial charge in [-0.1, -0.05) is 24.3 Å². The fraction of sp³-hybridized carbons (Fsp3) is 0.0357. The average molecular weight is 432 g/mol. The van der Waals surface area contributed by atoms with Gasteiger partial charge in [-0.25, -0.2) is 4.79 Å². The highest BCUT2D eigenvalue weighted by Crippen LogP contribution is 2.35. The predicted octanol–water partition coefficient (Wildman–Crippen LogP) is 6.43. The third-order valence-electron chi connectivity index (χ3n) is 6.21. The van der Waals surface area contributed by atoms with E-state index in [1.165, 1.54) is 5.39 Å². The van der Waals surface area contributed by atoms with E-state index in [0.717, 1.165) is 44.3 Å². The molecule has 4 aromatic carbocycles. The first kappa shape index (κ1) is 19.2. The molecule has 0 atom stereocenters. The largest absolute Gasteiger partial charge is 0.497 e. The molecule has 160 valence electrons. The zero-order valence-electron chi connectivity index (χ0n) is 17.9. The molecule has 0 radical (unpaired) electrons. The molecule has 1 N–H and O–H groups in total. The summed E-state index contributed by atoms with van der Waals surface area (Å²) in [4.78, 5) is 11.5. The van der Waals surface area contributed by atoms with Gasteiger partial charge >= 0.3 is 5.97 Å². The highest BCUT2D eigenvalue weighted by molar-refractivity contribution is 5.99. The lowest BCUT2D eigenvalue weighted by molar-refractivity contribution is 0.0697. The summed E-state index contributed by atoms with van der Waals surface area (Å²) in [5.74, 6) is -0.127. The quantitative estimate of drug-likeness (QED) is 0.349. The molecule has 0 fully saturated rings. The summed E-state index contributed by atoms with van der Waals surface area (Å²) in [7, 11) is 1.67. The molecular formula is C28H20N2O3. The van der Waals surface area contributed by atoms with Crippen LogP contribution in [-0.2, 0) is 0 Å². The van der Waals surface area contributed by atoms with Crippen LogP contribution in [0.15, 0.2) is 97.3 Å². The van der Waals surface area contributed by atoms with Crippen molar-refractivity contribution in [2.45, 2.75) is 0 Å². The fourth-order valence-electron chi connectivity index (χ4n) is 4.62. The van der Waals surface area contributed by atoms with Crippen molar-refractivity contribution in [2.75, 3.05) is 7.11 Å². The number of hydrogen-bond donors (Lipinski definition) is 1. The molecule has 5 heteroatoms. The number of fused-ring (bicyclic) bond motifs is 3. The van der Waals surface area contributed by atoms with Crippen LogP contribution in [0.3, 0.4) is 0 Å². The fourth-order valence-corrected chi connectivity index (χ4v) is 4.62. The topological polar surface area (TPSA) is 56.4 Å². The number of rotatable bonds is 4. The maximum absolute atomic E-state index is 11.5. The zero-order valence-corrected chi connectivity index (χ0v) is 17.9. The van der Waals surface area contributed by atoms with Crippen molar-refractivity contribution < 1.29 is 14.6 Å². The van der Waals surface area contributed by atoms with Crippen LogP contribution in [0.2, 0.25) is 0 Å². The first-order valence-electron chi connectivity index (χ1n) is 10.7. The Hall–Kier alpha value is -4.51. The number of carboxylic acids is 1. The van der Waals surface area contributed by atoms with Crippen LogP contribution in [0.25, 0.3) is 44.0 Å². The molecule has 0 spiro atoms. The lowest BCUT2D eigenvalue weighted by Gasteiger charge is -2.18. The van der Waals surface area contributed by atoms with Crippen LogP contribution in [0.4, 0.5) is 0 Å². The number of carbonyl (C=O) groups is 1. The standard InChI is InChI=1S/C28H20N2O3/c1-33-22-8-9-23-19(17-22)6-11-26(29-14-12-18-4-2-3-5-24(18)29)27(23)30-15-13-20-16-21(28(31)32)7-10-25(20)30/h2-17H,1H3,(H,31,32). The third-order valence-corrected chi connectivity index (χ3v) is 6.21. The van der Waals surface area contributed by atoms with Gasteiger partial charge in [-0.15, -0.1) is 0 Å². The zero-order chi connectivity index (χ0) is 22.5. The number of aromatic carboxylic acids is 1. The van der Waals surface area contributed by atoms with Gasteiger partial charge in [-0.2, -0.15) is 0 Å². The summed E-state index contributed by atoms with van der Waals surface area (Å²) in [6, 6.07) is 27.9. The molecule has 0 aliphatic heterocycles. The molecule has 33 heavy (non-hydrogen) atoms. The smallest absolute Gasteiger partial charge is 0.335 e. The molecular weight excluding hydrogens is 412 g/mol. The molecule has 6 rings (SSSR count). The van der Waals surface area contributed by atoms with E-state index in [4.69, 9.17) is 4.74 Å². The second kappa shape index (κ2) is 7.28. The van der Waals surface area contributed by atoms with Gasteiger partial charge in [0.2, 0.25) is 0 Å². The van der Waals surface area contributed by atoms with E-state index in [-0.39, 0.29) is 5.56 Å². The van der Waals surface area contributed by atoms with Crippen LogP contribution in [0, 0.1) is 0 Å². The van der Waals surface area contributed by atoms with Crippen LogP contribution >= 0.6 is 0 Å². The molecule has 2 aromatic heterocycles. The van der Waals surface area contributed by atoms with Crippen molar-refractivity contribution in [1.29, 1.82) is 0 Å². The number of ether oxygens (including phenoxy) is 1. The van der Waals surface area contributed by atoms with Gasteiger partial charge in [-0.3, -0.25) is 0 Å². The van der Waals surface area contributed by atoms with E-state index in [2.05, 4.69) is 51.7 Å². The second-order valence-corrected chi connectivity index (χ2v) is 8.03. The summed E-state index contributed by atoms with van der Waals surface area (Å²) in [5.41, 5.74) is 4.40. The molecule has 6 aromatic rings. The van der Waals surface area contributed by atoms with E-state index in [0.29, 0.717) is 0 Å². The number of carboxylic acid groups (broad SMARTS) is 1. The Morgan fingerprint density at radius 1 is 0.758 bits per heavy atom. The highest BCUT2D eigenvalue weighted by atomic mass is 16.5. The summed E-state index contributed by atoms with van der Waals surface area (Å²) in [6.45, 7) is 0. The molecule has 0 aliphatic carbocycles. The van der Waals surface area contributed by atoms with Gasteiger partial charge in [-0.05, 0) is 71.4 Å². The van der Waals surface area contributed by atoms with Crippen LogP contribution < -0.4 is 4.74 Å². The van der Waals surface area contributed by atoms with Gasteiger partial charge in [0.15, 0.2) is 0 Å². The van der Waals surface area contributed by atoms with Crippen molar-refractivity contribution in [3.8, 4) is 17.1 Å². The van der Waals surface area contributed by atoms with Gasteiger partial charge < -0.3 is 19.0 Å². The van der Waals surface area contributed by atoms with Crippen molar-refractivity contribution in [3.63, 3.8) is 0 Å². The van der Waals surface area contributed by atoms with Crippen molar-refractivity contribution in [1.82, 2.24) is 9.13 Å². The number of benzene rings is 4. The number of methoxy groups -OCH3 is 1. The second-order valence-electron chi connectivity index (χ2n) is 8.03. The first-order chi connectivity index (χ1) is 16.1. The minimum atomic E-state index is -0.929.